The van der Waals surface area contributed by atoms with Crippen LogP contribution in [0.5, 0.6) is 11.5 Å². The first kappa shape index (κ1) is 29.2. The number of oxazole rings is 1. The zero-order valence-electron chi connectivity index (χ0n) is 25.1. The molecule has 3 atom stereocenters. The first-order valence-electron chi connectivity index (χ1n) is 15.3. The van der Waals surface area contributed by atoms with Crippen molar-refractivity contribution in [2.45, 2.75) is 58.5 Å². The molecule has 226 valence electrons. The van der Waals surface area contributed by atoms with Crippen LogP contribution in [0.2, 0.25) is 0 Å². The molecule has 1 saturated carbocycles. The van der Waals surface area contributed by atoms with Crippen LogP contribution >= 0.6 is 0 Å². The summed E-state index contributed by atoms with van der Waals surface area (Å²) < 4.78 is 36.8. The summed E-state index contributed by atoms with van der Waals surface area (Å²) in [4.78, 5) is 19.1. The van der Waals surface area contributed by atoms with Gasteiger partial charge in [-0.25, -0.2) is 9.37 Å². The van der Waals surface area contributed by atoms with Crippen LogP contribution in [0.1, 0.15) is 50.1 Å². The standard InChI is InChI=1S/C35H39FN2O5/c1-4-41-31-17-23(18-32(42-5-2)35(31)24-7-10-26(36)11-8-24)21-38-15-14-27-25(9-12-29(27)38)20-33-37-28-16-22(19-34(39)40-3)6-13-30(28)43-33/h6-8,10-11,13,16-18,25,27,29H,4-5,9,12,14-15,19-21H2,1-3H3/t25?,27-,29+/m0/s1. The Labute approximate surface area is 251 Å². The number of halogens is 1. The van der Waals surface area contributed by atoms with Crippen molar-refractivity contribution < 1.29 is 27.8 Å². The van der Waals surface area contributed by atoms with Crippen molar-refractivity contribution in [3.8, 4) is 22.6 Å². The molecule has 3 aromatic carbocycles. The fourth-order valence-electron chi connectivity index (χ4n) is 7.03. The van der Waals surface area contributed by atoms with Crippen molar-refractivity contribution >= 4 is 17.1 Å². The number of benzene rings is 3. The molecule has 4 aromatic rings. The minimum atomic E-state index is -0.268. The van der Waals surface area contributed by atoms with E-state index in [1.54, 1.807) is 12.1 Å². The quantitative estimate of drug-likeness (QED) is 0.175. The van der Waals surface area contributed by atoms with Crippen LogP contribution in [0.25, 0.3) is 22.2 Å². The maximum atomic E-state index is 13.7. The number of carbonyl (C=O) groups is 1. The lowest BCUT2D eigenvalue weighted by Crippen LogP contribution is -2.30. The lowest BCUT2D eigenvalue weighted by atomic mass is 9.90. The van der Waals surface area contributed by atoms with Gasteiger partial charge in [0.1, 0.15) is 22.8 Å². The number of likely N-dealkylation sites (tertiary alicyclic amines) is 1. The molecule has 8 heteroatoms. The van der Waals surface area contributed by atoms with Crippen LogP contribution in [-0.2, 0) is 28.9 Å². The van der Waals surface area contributed by atoms with E-state index in [4.69, 9.17) is 23.6 Å². The summed E-state index contributed by atoms with van der Waals surface area (Å²) in [7, 11) is 1.40. The number of aromatic nitrogens is 1. The number of fused-ring (bicyclic) bond motifs is 2. The van der Waals surface area contributed by atoms with E-state index in [0.717, 1.165) is 89.5 Å². The molecule has 0 radical (unpaired) electrons. The van der Waals surface area contributed by atoms with Gasteiger partial charge in [0.05, 0.1) is 32.3 Å². The topological polar surface area (TPSA) is 74.0 Å². The van der Waals surface area contributed by atoms with Gasteiger partial charge in [-0.2, -0.15) is 0 Å². The van der Waals surface area contributed by atoms with E-state index in [0.29, 0.717) is 31.1 Å². The highest BCUT2D eigenvalue weighted by Gasteiger charge is 2.44. The molecule has 6 rings (SSSR count). The molecule has 2 fully saturated rings. The number of esters is 1. The number of rotatable bonds is 11. The van der Waals surface area contributed by atoms with Gasteiger partial charge >= 0.3 is 5.97 Å². The van der Waals surface area contributed by atoms with Gasteiger partial charge in [-0.15, -0.1) is 0 Å². The maximum Gasteiger partial charge on any atom is 0.309 e. The fraction of sp³-hybridized carbons (Fsp3) is 0.429. The minimum Gasteiger partial charge on any atom is -0.493 e. The number of hydrogen-bond donors (Lipinski definition) is 0. The molecule has 1 aliphatic heterocycles. The smallest absolute Gasteiger partial charge is 0.309 e. The van der Waals surface area contributed by atoms with Gasteiger partial charge < -0.3 is 18.6 Å². The molecule has 1 saturated heterocycles. The van der Waals surface area contributed by atoms with Crippen molar-refractivity contribution in [2.24, 2.45) is 11.8 Å². The third kappa shape index (κ3) is 6.25. The second-order valence-corrected chi connectivity index (χ2v) is 11.5. The van der Waals surface area contributed by atoms with Crippen LogP contribution < -0.4 is 9.47 Å². The summed E-state index contributed by atoms with van der Waals surface area (Å²) in [6.07, 6.45) is 4.51. The molecular formula is C35H39FN2O5. The molecular weight excluding hydrogens is 547 g/mol. The van der Waals surface area contributed by atoms with Gasteiger partial charge in [0.15, 0.2) is 11.5 Å². The van der Waals surface area contributed by atoms with Crippen molar-refractivity contribution in [3.63, 3.8) is 0 Å². The summed E-state index contributed by atoms with van der Waals surface area (Å²) in [6.45, 7) is 6.88. The van der Waals surface area contributed by atoms with Gasteiger partial charge in [-0.05, 0) is 105 Å². The highest BCUT2D eigenvalue weighted by Crippen LogP contribution is 2.45. The number of nitrogens with zero attached hydrogens (tertiary/aromatic N) is 2. The largest absolute Gasteiger partial charge is 0.493 e. The van der Waals surface area contributed by atoms with Crippen LogP contribution in [0.4, 0.5) is 4.39 Å². The maximum absolute atomic E-state index is 13.7. The number of hydrogen-bond acceptors (Lipinski definition) is 7. The number of methoxy groups -OCH3 is 1. The van der Waals surface area contributed by atoms with Crippen molar-refractivity contribution in [2.75, 3.05) is 26.9 Å². The van der Waals surface area contributed by atoms with Crippen LogP contribution in [0.3, 0.4) is 0 Å². The average Bonchev–Trinajstić information content (AvgIpc) is 3.70. The van der Waals surface area contributed by atoms with Crippen LogP contribution in [0, 0.1) is 17.7 Å². The fourth-order valence-corrected chi connectivity index (χ4v) is 7.03. The van der Waals surface area contributed by atoms with E-state index in [1.165, 1.54) is 19.2 Å². The Bertz CT molecular complexity index is 1560. The van der Waals surface area contributed by atoms with Gasteiger partial charge in [0, 0.05) is 19.0 Å². The van der Waals surface area contributed by atoms with Gasteiger partial charge in [-0.3, -0.25) is 9.69 Å². The lowest BCUT2D eigenvalue weighted by molar-refractivity contribution is -0.139. The summed E-state index contributed by atoms with van der Waals surface area (Å²) in [5, 5.41) is 0. The highest BCUT2D eigenvalue weighted by molar-refractivity contribution is 5.78. The molecule has 0 amide bonds. The van der Waals surface area contributed by atoms with Crippen molar-refractivity contribution in [1.29, 1.82) is 0 Å². The predicted molar refractivity (Wildman–Crippen MR) is 163 cm³/mol. The van der Waals surface area contributed by atoms with Gasteiger partial charge in [-0.1, -0.05) is 18.2 Å². The third-order valence-corrected chi connectivity index (χ3v) is 8.90. The monoisotopic (exact) mass is 586 g/mol. The zero-order valence-corrected chi connectivity index (χ0v) is 25.1. The third-order valence-electron chi connectivity index (χ3n) is 8.90. The highest BCUT2D eigenvalue weighted by atomic mass is 19.1. The Hall–Kier alpha value is -3.91. The SMILES string of the molecule is CCOc1cc(CN2CC[C@H]3C(Cc4nc5cc(CC(=O)OC)ccc5o4)CC[C@H]32)cc(OCC)c1-c1ccc(F)cc1. The molecule has 1 unspecified atom stereocenters. The molecule has 1 aliphatic carbocycles. The molecule has 0 N–H and O–H groups in total. The summed E-state index contributed by atoms with van der Waals surface area (Å²) >= 11 is 0. The zero-order chi connectivity index (χ0) is 29.9. The Morgan fingerprint density at radius 1 is 0.977 bits per heavy atom. The Kier molecular flexibility index (Phi) is 8.66. The predicted octanol–water partition coefficient (Wildman–Crippen LogP) is 6.99. The molecule has 1 aromatic heterocycles. The van der Waals surface area contributed by atoms with E-state index < -0.39 is 0 Å². The molecule has 2 aliphatic rings. The van der Waals surface area contributed by atoms with E-state index in [-0.39, 0.29) is 18.2 Å². The van der Waals surface area contributed by atoms with Crippen LogP contribution in [-0.4, -0.2) is 48.8 Å². The molecule has 7 nitrogen and oxygen atoms in total. The van der Waals surface area contributed by atoms with E-state index in [9.17, 15) is 9.18 Å². The Morgan fingerprint density at radius 2 is 1.72 bits per heavy atom. The molecule has 0 bridgehead atoms. The summed E-state index contributed by atoms with van der Waals surface area (Å²) in [5.74, 6) is 2.89. The number of ether oxygens (including phenoxy) is 3. The Balaban J connectivity index is 1.17. The average molecular weight is 587 g/mol. The molecule has 0 spiro atoms. The van der Waals surface area contributed by atoms with Gasteiger partial charge in [0.25, 0.3) is 0 Å². The summed E-state index contributed by atoms with van der Waals surface area (Å²) in [5.41, 5.74) is 5.31. The van der Waals surface area contributed by atoms with Gasteiger partial charge in [0.2, 0.25) is 0 Å². The van der Waals surface area contributed by atoms with Crippen molar-refractivity contribution in [1.82, 2.24) is 9.88 Å². The van der Waals surface area contributed by atoms with E-state index in [1.807, 2.05) is 32.0 Å². The minimum absolute atomic E-state index is 0.226. The Morgan fingerprint density at radius 3 is 2.42 bits per heavy atom. The molecule has 2 heterocycles. The molecule has 43 heavy (non-hydrogen) atoms. The second kappa shape index (κ2) is 12.8. The van der Waals surface area contributed by atoms with Crippen LogP contribution in [0.15, 0.2) is 59.0 Å². The lowest BCUT2D eigenvalue weighted by Gasteiger charge is -2.25. The summed E-state index contributed by atoms with van der Waals surface area (Å²) in [6, 6.07) is 17.0. The number of carbonyl (C=O) groups excluding carboxylic acids is 1. The van der Waals surface area contributed by atoms with E-state index in [2.05, 4.69) is 17.0 Å². The van der Waals surface area contributed by atoms with Crippen molar-refractivity contribution in [3.05, 3.63) is 77.4 Å². The van der Waals surface area contributed by atoms with E-state index >= 15 is 0 Å². The second-order valence-electron chi connectivity index (χ2n) is 11.5. The first-order valence-corrected chi connectivity index (χ1v) is 15.3. The normalized spacial score (nSPS) is 20.0. The first-order chi connectivity index (χ1) is 20.9.